The van der Waals surface area contributed by atoms with Crippen LogP contribution in [0.4, 0.5) is 9.18 Å². The molecule has 1 fully saturated rings. The van der Waals surface area contributed by atoms with Crippen molar-refractivity contribution in [2.75, 3.05) is 39.8 Å². The summed E-state index contributed by atoms with van der Waals surface area (Å²) in [6.07, 6.45) is -0.261. The van der Waals surface area contributed by atoms with Crippen LogP contribution in [-0.4, -0.2) is 72.8 Å². The van der Waals surface area contributed by atoms with Crippen molar-refractivity contribution in [3.8, 4) is 0 Å². The van der Waals surface area contributed by atoms with Gasteiger partial charge in [-0.15, -0.1) is 0 Å². The van der Waals surface area contributed by atoms with Gasteiger partial charge in [0.1, 0.15) is 5.82 Å². The van der Waals surface area contributed by atoms with E-state index in [-0.39, 0.29) is 29.7 Å². The number of hydrogen-bond acceptors (Lipinski definition) is 4. The van der Waals surface area contributed by atoms with E-state index in [4.69, 9.17) is 21.4 Å². The Morgan fingerprint density at radius 3 is 2.92 bits per heavy atom. The van der Waals surface area contributed by atoms with Gasteiger partial charge in [-0.05, 0) is 31.7 Å². The molecule has 1 aromatic rings. The number of urea groups is 1. The van der Waals surface area contributed by atoms with Gasteiger partial charge < -0.3 is 20.1 Å². The highest BCUT2D eigenvalue weighted by Gasteiger charge is 2.26. The molecule has 0 spiro atoms. The molecule has 9 heteroatoms. The Balaban J connectivity index is 1.91. The third-order valence-electron chi connectivity index (χ3n) is 4.12. The second-order valence-electron chi connectivity index (χ2n) is 6.37. The number of hydrogen-bond donors (Lipinski definition) is 2. The smallest absolute Gasteiger partial charge is 0.318 e. The molecule has 2 atom stereocenters. The Morgan fingerprint density at radius 1 is 1.54 bits per heavy atom. The topological polar surface area (TPSA) is 82.1 Å². The van der Waals surface area contributed by atoms with Gasteiger partial charge in [-0.1, -0.05) is 17.7 Å². The molecule has 1 aliphatic heterocycles. The number of rotatable bonds is 6. The number of nitrogens with one attached hydrogen (secondary N) is 1. The standard InChI is InChI=1S/C17H23ClFN3O4/c1-11(14-4-3-12(19)7-15(14)18)20-17(25)22-5-6-26-13(9-22)8-21(2)10-16(23)24/h3-4,7,11,13H,5-6,8-10H2,1-2H3,(H,20,25)(H,23,24)/t11-,13?/m0/s1. The number of carboxylic acids is 1. The second kappa shape index (κ2) is 9.16. The maximum absolute atomic E-state index is 13.2. The number of ether oxygens (including phenoxy) is 1. The highest BCUT2D eigenvalue weighted by molar-refractivity contribution is 6.31. The molecule has 1 unspecified atom stereocenters. The average Bonchev–Trinajstić information content (AvgIpc) is 2.53. The number of morpholine rings is 1. The van der Waals surface area contributed by atoms with Gasteiger partial charge in [-0.2, -0.15) is 0 Å². The van der Waals surface area contributed by atoms with Crippen LogP contribution >= 0.6 is 11.6 Å². The number of amides is 2. The lowest BCUT2D eigenvalue weighted by Crippen LogP contribution is -2.52. The van der Waals surface area contributed by atoms with E-state index in [1.54, 1.807) is 29.8 Å². The van der Waals surface area contributed by atoms with E-state index >= 15 is 0 Å². The monoisotopic (exact) mass is 387 g/mol. The molecule has 2 N–H and O–H groups in total. The van der Waals surface area contributed by atoms with E-state index in [0.29, 0.717) is 31.8 Å². The Kier molecular flexibility index (Phi) is 7.19. The lowest BCUT2D eigenvalue weighted by atomic mass is 10.1. The van der Waals surface area contributed by atoms with Gasteiger partial charge in [0.25, 0.3) is 0 Å². The Morgan fingerprint density at radius 2 is 2.27 bits per heavy atom. The lowest BCUT2D eigenvalue weighted by Gasteiger charge is -2.35. The van der Waals surface area contributed by atoms with Crippen LogP contribution in [0.2, 0.25) is 5.02 Å². The number of carbonyl (C=O) groups excluding carboxylic acids is 1. The molecular formula is C17H23ClFN3O4. The molecule has 1 heterocycles. The summed E-state index contributed by atoms with van der Waals surface area (Å²) in [5.41, 5.74) is 0.632. The molecule has 0 bridgehead atoms. The molecular weight excluding hydrogens is 365 g/mol. The Bertz CT molecular complexity index is 661. The van der Waals surface area contributed by atoms with Crippen LogP contribution in [0, 0.1) is 5.82 Å². The number of likely N-dealkylation sites (N-methyl/N-ethyl adjacent to an activating group) is 1. The molecule has 26 heavy (non-hydrogen) atoms. The van der Waals surface area contributed by atoms with Crippen molar-refractivity contribution < 1.29 is 23.8 Å². The van der Waals surface area contributed by atoms with Gasteiger partial charge >= 0.3 is 12.0 Å². The molecule has 7 nitrogen and oxygen atoms in total. The van der Waals surface area contributed by atoms with Crippen LogP contribution in [0.1, 0.15) is 18.5 Å². The number of halogens is 2. The fourth-order valence-electron chi connectivity index (χ4n) is 2.86. The normalized spacial score (nSPS) is 18.7. The molecule has 0 radical (unpaired) electrons. The van der Waals surface area contributed by atoms with Crippen LogP contribution in [0.3, 0.4) is 0 Å². The number of aliphatic carboxylic acids is 1. The Labute approximate surface area is 156 Å². The second-order valence-corrected chi connectivity index (χ2v) is 6.77. The third-order valence-corrected chi connectivity index (χ3v) is 4.44. The van der Waals surface area contributed by atoms with Crippen molar-refractivity contribution >= 4 is 23.6 Å². The maximum Gasteiger partial charge on any atom is 0.318 e. The number of carbonyl (C=O) groups is 2. The number of carboxylic acid groups (broad SMARTS) is 1. The van der Waals surface area contributed by atoms with Crippen LogP contribution in [-0.2, 0) is 9.53 Å². The largest absolute Gasteiger partial charge is 0.480 e. The van der Waals surface area contributed by atoms with E-state index in [2.05, 4.69) is 5.32 Å². The van der Waals surface area contributed by atoms with Crippen molar-refractivity contribution in [1.29, 1.82) is 0 Å². The van der Waals surface area contributed by atoms with Crippen LogP contribution in [0.15, 0.2) is 18.2 Å². The Hall–Kier alpha value is -1.90. The summed E-state index contributed by atoms with van der Waals surface area (Å²) in [6.45, 7) is 3.27. The van der Waals surface area contributed by atoms with Crippen LogP contribution < -0.4 is 5.32 Å². The van der Waals surface area contributed by atoms with Crippen molar-refractivity contribution in [3.05, 3.63) is 34.6 Å². The van der Waals surface area contributed by atoms with E-state index in [9.17, 15) is 14.0 Å². The van der Waals surface area contributed by atoms with Crippen molar-refractivity contribution in [2.24, 2.45) is 0 Å². The van der Waals surface area contributed by atoms with Gasteiger partial charge in [0.05, 0.1) is 25.3 Å². The summed E-state index contributed by atoms with van der Waals surface area (Å²) in [6, 6.07) is 3.40. The minimum Gasteiger partial charge on any atom is -0.480 e. The third kappa shape index (κ3) is 5.82. The predicted molar refractivity (Wildman–Crippen MR) is 94.8 cm³/mol. The van der Waals surface area contributed by atoms with E-state index in [0.717, 1.165) is 0 Å². The van der Waals surface area contributed by atoms with Crippen molar-refractivity contribution in [3.63, 3.8) is 0 Å². The van der Waals surface area contributed by atoms with E-state index in [1.165, 1.54) is 12.1 Å². The molecule has 1 saturated heterocycles. The fraction of sp³-hybridized carbons (Fsp3) is 0.529. The quantitative estimate of drug-likeness (QED) is 0.779. The predicted octanol–water partition coefficient (Wildman–Crippen LogP) is 1.97. The summed E-state index contributed by atoms with van der Waals surface area (Å²) in [7, 11) is 1.69. The lowest BCUT2D eigenvalue weighted by molar-refractivity contribution is -0.138. The van der Waals surface area contributed by atoms with Gasteiger partial charge in [-0.25, -0.2) is 9.18 Å². The first-order valence-electron chi connectivity index (χ1n) is 8.28. The average molecular weight is 388 g/mol. The van der Waals surface area contributed by atoms with Gasteiger partial charge in [-0.3, -0.25) is 9.69 Å². The molecule has 0 saturated carbocycles. The summed E-state index contributed by atoms with van der Waals surface area (Å²) >= 11 is 6.04. The zero-order valence-corrected chi connectivity index (χ0v) is 15.5. The molecule has 2 rings (SSSR count). The molecule has 1 aromatic carbocycles. The zero-order chi connectivity index (χ0) is 19.3. The molecule has 2 amide bonds. The number of benzene rings is 1. The van der Waals surface area contributed by atoms with E-state index in [1.807, 2.05) is 0 Å². The minimum absolute atomic E-state index is 0.0911. The first kappa shape index (κ1) is 20.4. The zero-order valence-electron chi connectivity index (χ0n) is 14.7. The summed E-state index contributed by atoms with van der Waals surface area (Å²) in [5.74, 6) is -1.35. The fourth-order valence-corrected chi connectivity index (χ4v) is 3.20. The van der Waals surface area contributed by atoms with Crippen LogP contribution in [0.5, 0.6) is 0 Å². The molecule has 1 aliphatic rings. The van der Waals surface area contributed by atoms with Gasteiger partial charge in [0, 0.05) is 24.7 Å². The first-order valence-corrected chi connectivity index (χ1v) is 8.66. The molecule has 0 aromatic heterocycles. The SMILES string of the molecule is C[C@H](NC(=O)N1CCOC(CN(C)CC(=O)O)C1)c1ccc(F)cc1Cl. The first-order chi connectivity index (χ1) is 12.3. The van der Waals surface area contributed by atoms with Crippen molar-refractivity contribution in [1.82, 2.24) is 15.1 Å². The number of nitrogens with zero attached hydrogens (tertiary/aromatic N) is 2. The van der Waals surface area contributed by atoms with Gasteiger partial charge in [0.2, 0.25) is 0 Å². The maximum atomic E-state index is 13.2. The molecule has 144 valence electrons. The minimum atomic E-state index is -0.914. The highest BCUT2D eigenvalue weighted by atomic mass is 35.5. The molecule has 0 aliphatic carbocycles. The summed E-state index contributed by atoms with van der Waals surface area (Å²) in [5, 5.41) is 11.9. The van der Waals surface area contributed by atoms with E-state index < -0.39 is 11.8 Å². The van der Waals surface area contributed by atoms with Crippen LogP contribution in [0.25, 0.3) is 0 Å². The highest BCUT2D eigenvalue weighted by Crippen LogP contribution is 2.24. The van der Waals surface area contributed by atoms with Gasteiger partial charge in [0.15, 0.2) is 0 Å². The van der Waals surface area contributed by atoms with Crippen molar-refractivity contribution in [2.45, 2.75) is 19.1 Å². The summed E-state index contributed by atoms with van der Waals surface area (Å²) < 4.78 is 18.8. The summed E-state index contributed by atoms with van der Waals surface area (Å²) in [4.78, 5) is 26.5.